The van der Waals surface area contributed by atoms with E-state index in [1.54, 1.807) is 24.3 Å². The normalized spacial score (nSPS) is 19.2. The Morgan fingerprint density at radius 3 is 2.29 bits per heavy atom. The summed E-state index contributed by atoms with van der Waals surface area (Å²) in [5.74, 6) is -1.98. The molecule has 6 heteroatoms. The molecule has 1 aliphatic rings. The van der Waals surface area contributed by atoms with Crippen LogP contribution in [0.5, 0.6) is 11.5 Å². The van der Waals surface area contributed by atoms with Gasteiger partial charge in [-0.1, -0.05) is 30.3 Å². The average molecular weight is 328 g/mol. The second-order valence-corrected chi connectivity index (χ2v) is 5.35. The van der Waals surface area contributed by atoms with Gasteiger partial charge in [-0.3, -0.25) is 4.79 Å². The Bertz CT molecular complexity index is 784. The minimum absolute atomic E-state index is 0.173. The quantitative estimate of drug-likeness (QED) is 0.869. The predicted molar refractivity (Wildman–Crippen MR) is 84.5 cm³/mol. The summed E-state index contributed by atoms with van der Waals surface area (Å²) in [5, 5.41) is 9.73. The molecule has 3 rings (SSSR count). The minimum atomic E-state index is -1.08. The van der Waals surface area contributed by atoms with Crippen LogP contribution in [0, 0.1) is 0 Å². The molecule has 0 amide bonds. The number of methoxy groups -OCH3 is 2. The molecular formula is C18H16O6. The number of fused-ring (bicyclic) bond motifs is 1. The maximum absolute atomic E-state index is 12.4. The number of carboxylic acid groups (broad SMARTS) is 1. The van der Waals surface area contributed by atoms with Gasteiger partial charge in [-0.15, -0.1) is 0 Å². The van der Waals surface area contributed by atoms with Crippen LogP contribution in [0.4, 0.5) is 0 Å². The molecule has 0 unspecified atom stereocenters. The molecule has 1 heterocycles. The van der Waals surface area contributed by atoms with Gasteiger partial charge in [0.05, 0.1) is 19.8 Å². The van der Waals surface area contributed by atoms with E-state index in [2.05, 4.69) is 0 Å². The molecule has 0 fully saturated rings. The van der Waals surface area contributed by atoms with E-state index in [1.165, 1.54) is 26.4 Å². The number of cyclic esters (lactones) is 1. The summed E-state index contributed by atoms with van der Waals surface area (Å²) in [6.45, 7) is 0. The van der Waals surface area contributed by atoms with Crippen LogP contribution >= 0.6 is 0 Å². The first-order chi connectivity index (χ1) is 11.6. The largest absolute Gasteiger partial charge is 0.493 e. The summed E-state index contributed by atoms with van der Waals surface area (Å²) >= 11 is 0. The molecule has 0 saturated heterocycles. The van der Waals surface area contributed by atoms with Crippen molar-refractivity contribution in [2.75, 3.05) is 14.2 Å². The van der Waals surface area contributed by atoms with Crippen LogP contribution in [-0.4, -0.2) is 31.3 Å². The van der Waals surface area contributed by atoms with E-state index in [0.29, 0.717) is 22.6 Å². The first-order valence-corrected chi connectivity index (χ1v) is 7.31. The van der Waals surface area contributed by atoms with Crippen molar-refractivity contribution in [2.45, 2.75) is 12.0 Å². The lowest BCUT2D eigenvalue weighted by Crippen LogP contribution is -2.31. The highest BCUT2D eigenvalue weighted by Gasteiger charge is 2.42. The molecule has 2 aromatic carbocycles. The summed E-state index contributed by atoms with van der Waals surface area (Å²) in [6.07, 6.45) is -0.901. The Kier molecular flexibility index (Phi) is 4.12. The van der Waals surface area contributed by atoms with Crippen molar-refractivity contribution in [2.24, 2.45) is 0 Å². The van der Waals surface area contributed by atoms with Crippen molar-refractivity contribution >= 4 is 11.9 Å². The molecule has 24 heavy (non-hydrogen) atoms. The summed E-state index contributed by atoms with van der Waals surface area (Å²) in [4.78, 5) is 24.3. The molecule has 0 bridgehead atoms. The van der Waals surface area contributed by atoms with Gasteiger partial charge < -0.3 is 19.3 Å². The number of carbonyl (C=O) groups is 2. The standard InChI is InChI=1S/C18H16O6/c1-22-13-8-11-12(9-14(13)23-2)18(21)24-16(15(11)17(19)20)10-6-4-3-5-7-10/h3-9,15-16H,1-2H3,(H,19,20)/t15-,16+/m0/s1. The third-order valence-corrected chi connectivity index (χ3v) is 4.04. The van der Waals surface area contributed by atoms with Gasteiger partial charge in [-0.25, -0.2) is 4.79 Å². The van der Waals surface area contributed by atoms with Gasteiger partial charge in [0.2, 0.25) is 0 Å². The zero-order valence-corrected chi connectivity index (χ0v) is 13.2. The van der Waals surface area contributed by atoms with Crippen molar-refractivity contribution < 1.29 is 28.9 Å². The SMILES string of the molecule is COc1cc2c(cc1OC)[C@H](C(=O)O)[C@@H](c1ccccc1)OC2=O. The number of rotatable bonds is 4. The number of hydrogen-bond acceptors (Lipinski definition) is 5. The maximum Gasteiger partial charge on any atom is 0.339 e. The van der Waals surface area contributed by atoms with E-state index in [4.69, 9.17) is 14.2 Å². The van der Waals surface area contributed by atoms with E-state index in [-0.39, 0.29) is 5.56 Å². The zero-order chi connectivity index (χ0) is 17.3. The molecule has 124 valence electrons. The van der Waals surface area contributed by atoms with Gasteiger partial charge in [0, 0.05) is 0 Å². The Balaban J connectivity index is 2.18. The Morgan fingerprint density at radius 1 is 1.08 bits per heavy atom. The van der Waals surface area contributed by atoms with Crippen LogP contribution in [-0.2, 0) is 9.53 Å². The van der Waals surface area contributed by atoms with Crippen LogP contribution in [0.2, 0.25) is 0 Å². The monoisotopic (exact) mass is 328 g/mol. The van der Waals surface area contributed by atoms with Gasteiger partial charge in [-0.2, -0.15) is 0 Å². The molecule has 1 N–H and O–H groups in total. The second kappa shape index (κ2) is 6.23. The highest BCUT2D eigenvalue weighted by molar-refractivity contribution is 5.97. The van der Waals surface area contributed by atoms with E-state index in [1.807, 2.05) is 6.07 Å². The maximum atomic E-state index is 12.4. The molecule has 0 saturated carbocycles. The van der Waals surface area contributed by atoms with Crippen molar-refractivity contribution in [3.63, 3.8) is 0 Å². The van der Waals surface area contributed by atoms with Crippen LogP contribution in [0.1, 0.15) is 33.5 Å². The van der Waals surface area contributed by atoms with Gasteiger partial charge in [-0.05, 0) is 23.3 Å². The molecule has 6 nitrogen and oxygen atoms in total. The molecule has 0 aliphatic carbocycles. The van der Waals surface area contributed by atoms with Crippen LogP contribution in [0.3, 0.4) is 0 Å². The number of esters is 1. The van der Waals surface area contributed by atoms with E-state index in [9.17, 15) is 14.7 Å². The molecular weight excluding hydrogens is 312 g/mol. The van der Waals surface area contributed by atoms with Crippen LogP contribution in [0.15, 0.2) is 42.5 Å². The number of aliphatic carboxylic acids is 1. The van der Waals surface area contributed by atoms with Crippen LogP contribution < -0.4 is 9.47 Å². The molecule has 0 spiro atoms. The lowest BCUT2D eigenvalue weighted by atomic mass is 9.84. The van der Waals surface area contributed by atoms with Gasteiger partial charge in [0.25, 0.3) is 0 Å². The Morgan fingerprint density at radius 2 is 1.71 bits per heavy atom. The molecule has 0 aromatic heterocycles. The number of hydrogen-bond donors (Lipinski definition) is 1. The highest BCUT2D eigenvalue weighted by atomic mass is 16.5. The Labute approximate surface area is 138 Å². The topological polar surface area (TPSA) is 82.1 Å². The number of ether oxygens (including phenoxy) is 3. The lowest BCUT2D eigenvalue weighted by Gasteiger charge is -2.31. The Hall–Kier alpha value is -3.02. The smallest absolute Gasteiger partial charge is 0.339 e. The average Bonchev–Trinajstić information content (AvgIpc) is 2.60. The zero-order valence-electron chi connectivity index (χ0n) is 13.2. The third kappa shape index (κ3) is 2.56. The number of carboxylic acids is 1. The minimum Gasteiger partial charge on any atom is -0.493 e. The second-order valence-electron chi connectivity index (χ2n) is 5.35. The van der Waals surface area contributed by atoms with E-state index >= 15 is 0 Å². The molecule has 0 radical (unpaired) electrons. The number of benzene rings is 2. The lowest BCUT2D eigenvalue weighted by molar-refractivity contribution is -0.142. The fourth-order valence-corrected chi connectivity index (χ4v) is 2.90. The van der Waals surface area contributed by atoms with E-state index < -0.39 is 24.0 Å². The summed E-state index contributed by atoms with van der Waals surface area (Å²) in [6, 6.07) is 11.8. The summed E-state index contributed by atoms with van der Waals surface area (Å²) in [7, 11) is 2.90. The summed E-state index contributed by atoms with van der Waals surface area (Å²) in [5.41, 5.74) is 1.15. The molecule has 2 aromatic rings. The van der Waals surface area contributed by atoms with Crippen molar-refractivity contribution in [1.82, 2.24) is 0 Å². The first kappa shape index (κ1) is 15.9. The third-order valence-electron chi connectivity index (χ3n) is 4.04. The number of carbonyl (C=O) groups excluding carboxylic acids is 1. The summed E-state index contributed by atoms with van der Waals surface area (Å²) < 4.78 is 15.8. The highest BCUT2D eigenvalue weighted by Crippen LogP contribution is 2.44. The fraction of sp³-hybridized carbons (Fsp3) is 0.222. The van der Waals surface area contributed by atoms with Gasteiger partial charge in [0.15, 0.2) is 11.5 Å². The van der Waals surface area contributed by atoms with Crippen molar-refractivity contribution in [3.05, 3.63) is 59.2 Å². The van der Waals surface area contributed by atoms with E-state index in [0.717, 1.165) is 0 Å². The van der Waals surface area contributed by atoms with Crippen molar-refractivity contribution in [3.8, 4) is 11.5 Å². The van der Waals surface area contributed by atoms with Gasteiger partial charge >= 0.3 is 11.9 Å². The molecule has 2 atom stereocenters. The fourth-order valence-electron chi connectivity index (χ4n) is 2.90. The van der Waals surface area contributed by atoms with Gasteiger partial charge in [0.1, 0.15) is 12.0 Å². The predicted octanol–water partition coefficient (Wildman–Crippen LogP) is 2.78. The van der Waals surface area contributed by atoms with Crippen LogP contribution in [0.25, 0.3) is 0 Å². The van der Waals surface area contributed by atoms with Crippen molar-refractivity contribution in [1.29, 1.82) is 0 Å². The molecule has 1 aliphatic heterocycles. The first-order valence-electron chi connectivity index (χ1n) is 7.31.